The molecule has 0 aromatic heterocycles. The van der Waals surface area contributed by atoms with Crippen molar-refractivity contribution in [2.75, 3.05) is 7.11 Å². The van der Waals surface area contributed by atoms with Crippen molar-refractivity contribution in [3.8, 4) is 5.75 Å². The average Bonchev–Trinajstić information content (AvgIpc) is 2.38. The third-order valence-corrected chi connectivity index (χ3v) is 3.00. The Labute approximate surface area is 104 Å². The van der Waals surface area contributed by atoms with E-state index in [0.29, 0.717) is 0 Å². The molecule has 0 spiro atoms. The first kappa shape index (κ1) is 13.8. The molecule has 0 saturated heterocycles. The largest absolute Gasteiger partial charge is 0.497 e. The zero-order valence-electron chi connectivity index (χ0n) is 11.0. The lowest BCUT2D eigenvalue weighted by molar-refractivity contribution is 0.0904. The highest BCUT2D eigenvalue weighted by atomic mass is 16.5. The first-order valence-corrected chi connectivity index (χ1v) is 6.41. The minimum absolute atomic E-state index is 0.164. The zero-order valence-corrected chi connectivity index (χ0v) is 11.0. The van der Waals surface area contributed by atoms with Gasteiger partial charge in [0.15, 0.2) is 5.78 Å². The van der Waals surface area contributed by atoms with Crippen LogP contribution in [0.2, 0.25) is 0 Å². The van der Waals surface area contributed by atoms with E-state index >= 15 is 0 Å². The van der Waals surface area contributed by atoms with Gasteiger partial charge in [0.05, 0.1) is 7.11 Å². The summed E-state index contributed by atoms with van der Waals surface area (Å²) >= 11 is 0. The number of Topliss-reactive ketones (excluding diaryl/α,β-unsaturated/α-hetero) is 1. The number of ether oxygens (including phenoxy) is 1. The van der Waals surface area contributed by atoms with E-state index in [1.807, 2.05) is 24.3 Å². The topological polar surface area (TPSA) is 26.3 Å². The van der Waals surface area contributed by atoms with Crippen molar-refractivity contribution in [3.63, 3.8) is 0 Å². The number of carbonyl (C=O) groups is 1. The number of hydrogen-bond acceptors (Lipinski definition) is 2. The van der Waals surface area contributed by atoms with Gasteiger partial charge in [-0.05, 0) is 25.0 Å². The van der Waals surface area contributed by atoms with E-state index in [9.17, 15) is 4.79 Å². The van der Waals surface area contributed by atoms with Crippen LogP contribution in [0.15, 0.2) is 24.3 Å². The molecule has 0 aliphatic heterocycles. The fourth-order valence-corrected chi connectivity index (χ4v) is 2.12. The second-order valence-corrected chi connectivity index (χ2v) is 4.37. The molecule has 0 amide bonds. The molecule has 0 aliphatic carbocycles. The van der Waals surface area contributed by atoms with Gasteiger partial charge in [-0.25, -0.2) is 0 Å². The highest BCUT2D eigenvalue weighted by Crippen LogP contribution is 2.21. The first-order chi connectivity index (χ1) is 8.22. The molecular weight excluding hydrogens is 212 g/mol. The second-order valence-electron chi connectivity index (χ2n) is 4.37. The van der Waals surface area contributed by atoms with E-state index in [2.05, 4.69) is 13.8 Å². The van der Waals surface area contributed by atoms with Gasteiger partial charge in [0, 0.05) is 11.5 Å². The van der Waals surface area contributed by atoms with E-state index in [-0.39, 0.29) is 11.7 Å². The zero-order chi connectivity index (χ0) is 12.7. The maximum atomic E-state index is 12.3. The van der Waals surface area contributed by atoms with Gasteiger partial charge < -0.3 is 4.74 Å². The summed E-state index contributed by atoms with van der Waals surface area (Å²) in [6, 6.07) is 7.45. The molecular formula is C15H22O2. The maximum Gasteiger partial charge on any atom is 0.166 e. The molecule has 0 fully saturated rings. The molecule has 17 heavy (non-hydrogen) atoms. The van der Waals surface area contributed by atoms with E-state index in [4.69, 9.17) is 4.74 Å². The Hall–Kier alpha value is -1.31. The third-order valence-electron chi connectivity index (χ3n) is 3.00. The molecule has 0 atom stereocenters. The standard InChI is InChI=1S/C15H22O2/c1-4-7-12(8-5-2)15(16)13-9-6-10-14(11-13)17-3/h6,9-12H,4-5,7-8H2,1-3H3. The van der Waals surface area contributed by atoms with Crippen molar-refractivity contribution in [1.29, 1.82) is 0 Å². The normalized spacial score (nSPS) is 10.6. The summed E-state index contributed by atoms with van der Waals surface area (Å²) in [5, 5.41) is 0. The summed E-state index contributed by atoms with van der Waals surface area (Å²) in [5.41, 5.74) is 0.774. The Morgan fingerprint density at radius 1 is 1.24 bits per heavy atom. The molecule has 0 saturated carbocycles. The van der Waals surface area contributed by atoms with Crippen LogP contribution in [0.4, 0.5) is 0 Å². The Morgan fingerprint density at radius 3 is 2.41 bits per heavy atom. The summed E-state index contributed by atoms with van der Waals surface area (Å²) in [7, 11) is 1.62. The predicted molar refractivity (Wildman–Crippen MR) is 70.6 cm³/mol. The van der Waals surface area contributed by atoms with Crippen LogP contribution in [0.1, 0.15) is 49.9 Å². The molecule has 0 aliphatic rings. The quantitative estimate of drug-likeness (QED) is 0.664. The summed E-state index contributed by atoms with van der Waals surface area (Å²) in [6.07, 6.45) is 4.06. The predicted octanol–water partition coefficient (Wildman–Crippen LogP) is 4.09. The van der Waals surface area contributed by atoms with Gasteiger partial charge in [0.1, 0.15) is 5.75 Å². The minimum atomic E-state index is 0.164. The molecule has 0 radical (unpaired) electrons. The lowest BCUT2D eigenvalue weighted by atomic mass is 9.90. The van der Waals surface area contributed by atoms with Crippen molar-refractivity contribution in [3.05, 3.63) is 29.8 Å². The molecule has 94 valence electrons. The van der Waals surface area contributed by atoms with E-state index in [1.54, 1.807) is 7.11 Å². The van der Waals surface area contributed by atoms with Crippen molar-refractivity contribution in [2.24, 2.45) is 5.92 Å². The Balaban J connectivity index is 2.84. The van der Waals surface area contributed by atoms with E-state index in [0.717, 1.165) is 37.0 Å². The van der Waals surface area contributed by atoms with Crippen LogP contribution in [0.25, 0.3) is 0 Å². The lowest BCUT2D eigenvalue weighted by Crippen LogP contribution is -2.14. The van der Waals surface area contributed by atoms with Crippen molar-refractivity contribution >= 4 is 5.78 Å². The Morgan fingerprint density at radius 2 is 1.88 bits per heavy atom. The van der Waals surface area contributed by atoms with E-state index in [1.165, 1.54) is 0 Å². The van der Waals surface area contributed by atoms with Crippen LogP contribution < -0.4 is 4.74 Å². The van der Waals surface area contributed by atoms with Crippen LogP contribution in [0.5, 0.6) is 5.75 Å². The molecule has 0 N–H and O–H groups in total. The molecule has 0 heterocycles. The third kappa shape index (κ3) is 3.88. The smallest absolute Gasteiger partial charge is 0.166 e. The molecule has 1 rings (SSSR count). The molecule has 1 aromatic carbocycles. The van der Waals surface area contributed by atoms with Gasteiger partial charge in [-0.2, -0.15) is 0 Å². The van der Waals surface area contributed by atoms with Crippen LogP contribution >= 0.6 is 0 Å². The summed E-state index contributed by atoms with van der Waals surface area (Å²) in [4.78, 5) is 12.3. The van der Waals surface area contributed by atoms with Crippen LogP contribution in [-0.4, -0.2) is 12.9 Å². The first-order valence-electron chi connectivity index (χ1n) is 6.41. The molecule has 0 unspecified atom stereocenters. The monoisotopic (exact) mass is 234 g/mol. The fourth-order valence-electron chi connectivity index (χ4n) is 2.12. The minimum Gasteiger partial charge on any atom is -0.497 e. The van der Waals surface area contributed by atoms with Crippen molar-refractivity contribution in [2.45, 2.75) is 39.5 Å². The van der Waals surface area contributed by atoms with Gasteiger partial charge in [0.25, 0.3) is 0 Å². The summed E-state index contributed by atoms with van der Waals surface area (Å²) < 4.78 is 5.15. The van der Waals surface area contributed by atoms with Crippen molar-refractivity contribution in [1.82, 2.24) is 0 Å². The van der Waals surface area contributed by atoms with Gasteiger partial charge in [0.2, 0.25) is 0 Å². The molecule has 1 aromatic rings. The Kier molecular flexibility index (Phi) is 5.75. The number of carbonyl (C=O) groups excluding carboxylic acids is 1. The molecule has 0 bridgehead atoms. The van der Waals surface area contributed by atoms with Crippen LogP contribution in [0.3, 0.4) is 0 Å². The van der Waals surface area contributed by atoms with Gasteiger partial charge in [-0.15, -0.1) is 0 Å². The fraction of sp³-hybridized carbons (Fsp3) is 0.533. The van der Waals surface area contributed by atoms with Gasteiger partial charge in [-0.1, -0.05) is 38.8 Å². The molecule has 2 nitrogen and oxygen atoms in total. The van der Waals surface area contributed by atoms with Crippen LogP contribution in [0, 0.1) is 5.92 Å². The number of hydrogen-bond donors (Lipinski definition) is 0. The number of ketones is 1. The van der Waals surface area contributed by atoms with Gasteiger partial charge >= 0.3 is 0 Å². The maximum absolute atomic E-state index is 12.3. The second kappa shape index (κ2) is 7.10. The molecule has 2 heteroatoms. The Bertz CT molecular complexity index is 352. The highest BCUT2D eigenvalue weighted by molar-refractivity contribution is 5.98. The number of benzene rings is 1. The number of methoxy groups -OCH3 is 1. The van der Waals surface area contributed by atoms with Gasteiger partial charge in [-0.3, -0.25) is 4.79 Å². The SMILES string of the molecule is CCCC(CCC)C(=O)c1cccc(OC)c1. The van der Waals surface area contributed by atoms with E-state index < -0.39 is 0 Å². The van der Waals surface area contributed by atoms with Crippen molar-refractivity contribution < 1.29 is 9.53 Å². The summed E-state index contributed by atoms with van der Waals surface area (Å²) in [5.74, 6) is 1.17. The lowest BCUT2D eigenvalue weighted by Gasteiger charge is -2.14. The highest BCUT2D eigenvalue weighted by Gasteiger charge is 2.18. The average molecular weight is 234 g/mol. The van der Waals surface area contributed by atoms with Crippen LogP contribution in [-0.2, 0) is 0 Å². The number of rotatable bonds is 7. The summed E-state index contributed by atoms with van der Waals surface area (Å²) in [6.45, 7) is 4.25.